The topological polar surface area (TPSA) is 49.3 Å². The van der Waals surface area contributed by atoms with Crippen molar-refractivity contribution in [1.82, 2.24) is 5.32 Å². The van der Waals surface area contributed by atoms with Crippen LogP contribution in [-0.2, 0) is 12.8 Å². The van der Waals surface area contributed by atoms with Gasteiger partial charge >= 0.3 is 0 Å². The van der Waals surface area contributed by atoms with E-state index >= 15 is 0 Å². The quantitative estimate of drug-likeness (QED) is 0.859. The van der Waals surface area contributed by atoms with Crippen LogP contribution in [0.25, 0.3) is 0 Å². The van der Waals surface area contributed by atoms with Crippen LogP contribution in [0.15, 0.2) is 41.8 Å². The van der Waals surface area contributed by atoms with E-state index in [-0.39, 0.29) is 18.6 Å². The van der Waals surface area contributed by atoms with Crippen LogP contribution in [0.3, 0.4) is 0 Å². The molecule has 1 aromatic heterocycles. The van der Waals surface area contributed by atoms with Crippen LogP contribution in [0.5, 0.6) is 0 Å². The monoisotopic (exact) mass is 289 g/mol. The van der Waals surface area contributed by atoms with Gasteiger partial charge in [0.05, 0.1) is 17.5 Å². The zero-order valence-corrected chi connectivity index (χ0v) is 12.3. The number of hydrogen-bond acceptors (Lipinski definition) is 3. The van der Waals surface area contributed by atoms with Gasteiger partial charge < -0.3 is 10.4 Å². The summed E-state index contributed by atoms with van der Waals surface area (Å²) in [5.74, 6) is -0.0909. The molecule has 0 radical (unpaired) electrons. The fraction of sp³-hybridized carbons (Fsp3) is 0.312. The van der Waals surface area contributed by atoms with Gasteiger partial charge in [-0.15, -0.1) is 11.3 Å². The summed E-state index contributed by atoms with van der Waals surface area (Å²) in [5.41, 5.74) is 2.16. The largest absolute Gasteiger partial charge is 0.394 e. The zero-order valence-electron chi connectivity index (χ0n) is 11.5. The molecule has 1 unspecified atom stereocenters. The van der Waals surface area contributed by atoms with E-state index in [2.05, 4.69) is 5.32 Å². The Hall–Kier alpha value is -1.65. The van der Waals surface area contributed by atoms with E-state index in [0.717, 1.165) is 22.4 Å². The Morgan fingerprint density at radius 2 is 2.05 bits per heavy atom. The molecule has 0 saturated heterocycles. The summed E-state index contributed by atoms with van der Waals surface area (Å²) in [7, 11) is 0. The molecule has 1 amide bonds. The second-order valence-electron chi connectivity index (χ2n) is 4.67. The van der Waals surface area contributed by atoms with Crippen LogP contribution >= 0.6 is 11.3 Å². The predicted molar refractivity (Wildman–Crippen MR) is 82.2 cm³/mol. The molecule has 2 rings (SSSR count). The van der Waals surface area contributed by atoms with Gasteiger partial charge in [0.15, 0.2) is 0 Å². The SMILES string of the molecule is CCc1ccsc1C(=O)NC(CO)Cc1ccccc1. The zero-order chi connectivity index (χ0) is 14.4. The standard InChI is InChI=1S/C16H19NO2S/c1-2-13-8-9-20-15(13)16(19)17-14(11-18)10-12-6-4-3-5-7-12/h3-9,14,18H,2,10-11H2,1H3,(H,17,19). The number of carbonyl (C=O) groups excluding carboxylic acids is 1. The molecule has 0 fully saturated rings. The number of thiophene rings is 1. The van der Waals surface area contributed by atoms with E-state index < -0.39 is 0 Å². The van der Waals surface area contributed by atoms with Crippen molar-refractivity contribution in [2.24, 2.45) is 0 Å². The average Bonchev–Trinajstić information content (AvgIpc) is 2.96. The number of rotatable bonds is 6. The average molecular weight is 289 g/mol. The lowest BCUT2D eigenvalue weighted by Gasteiger charge is -2.16. The number of carbonyl (C=O) groups is 1. The number of benzene rings is 1. The van der Waals surface area contributed by atoms with Gasteiger partial charge in [-0.2, -0.15) is 0 Å². The smallest absolute Gasteiger partial charge is 0.261 e. The fourth-order valence-corrected chi connectivity index (χ4v) is 3.02. The van der Waals surface area contributed by atoms with Crippen molar-refractivity contribution in [3.05, 3.63) is 57.8 Å². The van der Waals surface area contributed by atoms with E-state index in [1.54, 1.807) is 0 Å². The van der Waals surface area contributed by atoms with Crippen molar-refractivity contribution in [1.29, 1.82) is 0 Å². The molecule has 1 heterocycles. The summed E-state index contributed by atoms with van der Waals surface area (Å²) < 4.78 is 0. The molecular weight excluding hydrogens is 270 g/mol. The van der Waals surface area contributed by atoms with Gasteiger partial charge in [0.1, 0.15) is 0 Å². The highest BCUT2D eigenvalue weighted by molar-refractivity contribution is 7.12. The van der Waals surface area contributed by atoms with Gasteiger partial charge in [-0.05, 0) is 35.4 Å². The van der Waals surface area contributed by atoms with E-state index in [4.69, 9.17) is 0 Å². The first-order valence-corrected chi connectivity index (χ1v) is 7.64. The molecule has 0 saturated carbocycles. The van der Waals surface area contributed by atoms with Crippen LogP contribution in [0.4, 0.5) is 0 Å². The van der Waals surface area contributed by atoms with E-state index in [1.807, 2.05) is 48.7 Å². The van der Waals surface area contributed by atoms with Gasteiger partial charge in [0.2, 0.25) is 0 Å². The first-order chi connectivity index (χ1) is 9.74. The first-order valence-electron chi connectivity index (χ1n) is 6.76. The first kappa shape index (κ1) is 14.8. The molecular formula is C16H19NO2S. The lowest BCUT2D eigenvalue weighted by atomic mass is 10.1. The van der Waals surface area contributed by atoms with Crippen molar-refractivity contribution in [3.63, 3.8) is 0 Å². The Kier molecular flexibility index (Phi) is 5.32. The lowest BCUT2D eigenvalue weighted by Crippen LogP contribution is -2.39. The summed E-state index contributed by atoms with van der Waals surface area (Å²) in [6.45, 7) is 1.97. The molecule has 0 aliphatic heterocycles. The van der Waals surface area contributed by atoms with Gasteiger partial charge in [-0.1, -0.05) is 37.3 Å². The van der Waals surface area contributed by atoms with E-state index in [9.17, 15) is 9.90 Å². The summed E-state index contributed by atoms with van der Waals surface area (Å²) >= 11 is 1.45. The van der Waals surface area contributed by atoms with Crippen LogP contribution in [-0.4, -0.2) is 23.7 Å². The minimum Gasteiger partial charge on any atom is -0.394 e. The summed E-state index contributed by atoms with van der Waals surface area (Å²) in [6.07, 6.45) is 1.48. The second-order valence-corrected chi connectivity index (χ2v) is 5.59. The number of amides is 1. The molecule has 20 heavy (non-hydrogen) atoms. The Morgan fingerprint density at radius 3 is 2.70 bits per heavy atom. The van der Waals surface area contributed by atoms with Crippen LogP contribution in [0.2, 0.25) is 0 Å². The van der Waals surface area contributed by atoms with Crippen molar-refractivity contribution in [3.8, 4) is 0 Å². The molecule has 4 heteroatoms. The Labute approximate surface area is 123 Å². The van der Waals surface area contributed by atoms with Crippen LogP contribution < -0.4 is 5.32 Å². The maximum absolute atomic E-state index is 12.2. The van der Waals surface area contributed by atoms with Gasteiger partial charge in [0, 0.05) is 0 Å². The lowest BCUT2D eigenvalue weighted by molar-refractivity contribution is 0.0920. The predicted octanol–water partition coefficient (Wildman–Crippen LogP) is 2.64. The molecule has 2 N–H and O–H groups in total. The van der Waals surface area contributed by atoms with Gasteiger partial charge in [-0.25, -0.2) is 0 Å². The number of aliphatic hydroxyl groups excluding tert-OH is 1. The molecule has 1 atom stereocenters. The van der Waals surface area contributed by atoms with Crippen molar-refractivity contribution in [2.75, 3.05) is 6.61 Å². The molecule has 1 aromatic carbocycles. The molecule has 106 valence electrons. The van der Waals surface area contributed by atoms with E-state index in [0.29, 0.717) is 6.42 Å². The minimum absolute atomic E-state index is 0.0620. The van der Waals surface area contributed by atoms with Crippen molar-refractivity contribution < 1.29 is 9.90 Å². The maximum Gasteiger partial charge on any atom is 0.261 e. The molecule has 2 aromatic rings. The molecule has 0 bridgehead atoms. The van der Waals surface area contributed by atoms with Gasteiger partial charge in [0.25, 0.3) is 5.91 Å². The maximum atomic E-state index is 12.2. The van der Waals surface area contributed by atoms with Gasteiger partial charge in [-0.3, -0.25) is 4.79 Å². The van der Waals surface area contributed by atoms with E-state index in [1.165, 1.54) is 11.3 Å². The minimum atomic E-state index is -0.253. The van der Waals surface area contributed by atoms with Crippen molar-refractivity contribution >= 4 is 17.2 Å². The highest BCUT2D eigenvalue weighted by atomic mass is 32.1. The number of aliphatic hydroxyl groups is 1. The molecule has 0 aliphatic carbocycles. The third-order valence-electron chi connectivity index (χ3n) is 3.21. The summed E-state index contributed by atoms with van der Waals surface area (Å²) in [5, 5.41) is 14.3. The molecule has 0 aliphatic rings. The van der Waals surface area contributed by atoms with Crippen LogP contribution in [0.1, 0.15) is 27.7 Å². The number of nitrogens with one attached hydrogen (secondary N) is 1. The Morgan fingerprint density at radius 1 is 1.30 bits per heavy atom. The number of aryl methyl sites for hydroxylation is 1. The number of hydrogen-bond donors (Lipinski definition) is 2. The normalized spacial score (nSPS) is 12.1. The third-order valence-corrected chi connectivity index (χ3v) is 4.17. The highest BCUT2D eigenvalue weighted by Gasteiger charge is 2.16. The second kappa shape index (κ2) is 7.22. The third kappa shape index (κ3) is 3.68. The Bertz CT molecular complexity index is 551. The molecule has 0 spiro atoms. The molecule has 3 nitrogen and oxygen atoms in total. The summed E-state index contributed by atoms with van der Waals surface area (Å²) in [4.78, 5) is 13.0. The van der Waals surface area contributed by atoms with Crippen molar-refractivity contribution in [2.45, 2.75) is 25.8 Å². The highest BCUT2D eigenvalue weighted by Crippen LogP contribution is 2.17. The Balaban J connectivity index is 2.01. The fourth-order valence-electron chi connectivity index (χ4n) is 2.12. The summed E-state index contributed by atoms with van der Waals surface area (Å²) in [6, 6.07) is 11.6. The van der Waals surface area contributed by atoms with Crippen LogP contribution in [0, 0.1) is 0 Å².